The molecule has 2 saturated heterocycles. The molecule has 0 bridgehead atoms. The van der Waals surface area contributed by atoms with E-state index in [9.17, 15) is 9.18 Å². The first-order valence-electron chi connectivity index (χ1n) is 10.5. The standard InChI is InChI=1S/C23H24FN5O/c24-17-6-7-20-18(15-17)22(19(16-26-20)23(30)29-9-3-4-10-29)28-13-11-27(12-14-28)21-5-1-2-8-25-21/h1-2,5-8,15-16H,3-4,9-14H2. The smallest absolute Gasteiger partial charge is 0.257 e. The molecule has 2 aromatic heterocycles. The molecule has 154 valence electrons. The van der Waals surface area contributed by atoms with E-state index in [2.05, 4.69) is 19.8 Å². The minimum Gasteiger partial charge on any atom is -0.367 e. The van der Waals surface area contributed by atoms with E-state index in [4.69, 9.17) is 0 Å². The Kier molecular flexibility index (Phi) is 4.94. The van der Waals surface area contributed by atoms with Crippen molar-refractivity contribution in [3.05, 3.63) is 60.2 Å². The summed E-state index contributed by atoms with van der Waals surface area (Å²) in [5, 5.41) is 0.700. The van der Waals surface area contributed by atoms with Gasteiger partial charge in [0.1, 0.15) is 11.6 Å². The van der Waals surface area contributed by atoms with E-state index in [1.807, 2.05) is 23.1 Å². The summed E-state index contributed by atoms with van der Waals surface area (Å²) in [6.07, 6.45) is 5.52. The predicted molar refractivity (Wildman–Crippen MR) is 116 cm³/mol. The van der Waals surface area contributed by atoms with Crippen molar-refractivity contribution >= 4 is 28.3 Å². The van der Waals surface area contributed by atoms with Crippen LogP contribution in [0.4, 0.5) is 15.9 Å². The number of piperazine rings is 1. The van der Waals surface area contributed by atoms with Crippen molar-refractivity contribution in [1.82, 2.24) is 14.9 Å². The van der Waals surface area contributed by atoms with Crippen LogP contribution < -0.4 is 9.80 Å². The van der Waals surface area contributed by atoms with Crippen molar-refractivity contribution < 1.29 is 9.18 Å². The number of hydrogen-bond donors (Lipinski definition) is 0. The monoisotopic (exact) mass is 405 g/mol. The second-order valence-electron chi connectivity index (χ2n) is 7.84. The molecule has 0 atom stereocenters. The maximum absolute atomic E-state index is 14.1. The molecule has 0 saturated carbocycles. The Morgan fingerprint density at radius 1 is 0.900 bits per heavy atom. The molecule has 1 amide bonds. The molecule has 4 heterocycles. The van der Waals surface area contributed by atoms with Gasteiger partial charge < -0.3 is 14.7 Å². The minimum absolute atomic E-state index is 0.00619. The summed E-state index contributed by atoms with van der Waals surface area (Å²) in [6.45, 7) is 4.57. The van der Waals surface area contributed by atoms with Crippen molar-refractivity contribution in [3.8, 4) is 0 Å². The first kappa shape index (κ1) is 18.8. The van der Waals surface area contributed by atoms with Crippen LogP contribution in [0, 0.1) is 5.82 Å². The highest BCUT2D eigenvalue weighted by atomic mass is 19.1. The van der Waals surface area contributed by atoms with Gasteiger partial charge in [-0.1, -0.05) is 6.07 Å². The second-order valence-corrected chi connectivity index (χ2v) is 7.84. The lowest BCUT2D eigenvalue weighted by Gasteiger charge is -2.38. The van der Waals surface area contributed by atoms with Crippen molar-refractivity contribution in [1.29, 1.82) is 0 Å². The SMILES string of the molecule is O=C(c1cnc2ccc(F)cc2c1N1CCN(c2ccccn2)CC1)N1CCCC1. The Bertz CT molecular complexity index is 1060. The van der Waals surface area contributed by atoms with Gasteiger partial charge in [-0.05, 0) is 43.2 Å². The molecule has 1 aromatic carbocycles. The van der Waals surface area contributed by atoms with Crippen molar-refractivity contribution in [2.45, 2.75) is 12.8 Å². The van der Waals surface area contributed by atoms with E-state index in [1.165, 1.54) is 12.1 Å². The van der Waals surface area contributed by atoms with Crippen molar-refractivity contribution in [3.63, 3.8) is 0 Å². The van der Waals surface area contributed by atoms with Crippen LogP contribution in [-0.4, -0.2) is 60.0 Å². The highest BCUT2D eigenvalue weighted by Crippen LogP contribution is 2.33. The maximum atomic E-state index is 14.1. The molecule has 30 heavy (non-hydrogen) atoms. The third-order valence-electron chi connectivity index (χ3n) is 5.99. The van der Waals surface area contributed by atoms with Gasteiger partial charge in [0.05, 0.1) is 16.8 Å². The zero-order chi connectivity index (χ0) is 20.5. The summed E-state index contributed by atoms with van der Waals surface area (Å²) in [6, 6.07) is 10.5. The number of pyridine rings is 2. The molecule has 5 rings (SSSR count). The van der Waals surface area contributed by atoms with Gasteiger partial charge in [-0.2, -0.15) is 0 Å². The van der Waals surface area contributed by atoms with Crippen molar-refractivity contribution in [2.24, 2.45) is 0 Å². The predicted octanol–water partition coefficient (Wildman–Crippen LogP) is 3.33. The molecule has 0 radical (unpaired) electrons. The molecule has 2 aliphatic heterocycles. The maximum Gasteiger partial charge on any atom is 0.257 e. The Hall–Kier alpha value is -3.22. The zero-order valence-electron chi connectivity index (χ0n) is 16.8. The fraction of sp³-hybridized carbons (Fsp3) is 0.348. The van der Waals surface area contributed by atoms with Crippen LogP contribution >= 0.6 is 0 Å². The first-order valence-corrected chi connectivity index (χ1v) is 10.5. The number of likely N-dealkylation sites (tertiary alicyclic amines) is 1. The fourth-order valence-corrected chi connectivity index (χ4v) is 4.44. The highest BCUT2D eigenvalue weighted by molar-refractivity contribution is 6.07. The molecule has 3 aromatic rings. The average Bonchev–Trinajstić information content (AvgIpc) is 3.33. The Balaban J connectivity index is 1.51. The summed E-state index contributed by atoms with van der Waals surface area (Å²) in [5.41, 5.74) is 2.08. The van der Waals surface area contributed by atoms with Gasteiger partial charge in [-0.15, -0.1) is 0 Å². The number of hydrogen-bond acceptors (Lipinski definition) is 5. The lowest BCUT2D eigenvalue weighted by Crippen LogP contribution is -2.47. The number of carbonyl (C=O) groups is 1. The third kappa shape index (κ3) is 3.44. The van der Waals surface area contributed by atoms with Gasteiger partial charge in [0, 0.05) is 57.0 Å². The molecule has 2 fully saturated rings. The first-order chi connectivity index (χ1) is 14.7. The zero-order valence-corrected chi connectivity index (χ0v) is 16.8. The normalized spacial score (nSPS) is 17.0. The second kappa shape index (κ2) is 7.89. The number of halogens is 1. The summed E-state index contributed by atoms with van der Waals surface area (Å²) in [5.74, 6) is 0.632. The molecular formula is C23H24FN5O. The van der Waals surface area contributed by atoms with E-state index in [1.54, 1.807) is 18.5 Å². The number of nitrogens with zero attached hydrogens (tertiary/aromatic N) is 5. The van der Waals surface area contributed by atoms with E-state index in [0.29, 0.717) is 16.5 Å². The fourth-order valence-electron chi connectivity index (χ4n) is 4.44. The summed E-state index contributed by atoms with van der Waals surface area (Å²) in [7, 11) is 0. The summed E-state index contributed by atoms with van der Waals surface area (Å²) >= 11 is 0. The van der Waals surface area contributed by atoms with E-state index >= 15 is 0 Å². The Morgan fingerprint density at radius 2 is 1.67 bits per heavy atom. The number of benzene rings is 1. The highest BCUT2D eigenvalue weighted by Gasteiger charge is 2.28. The van der Waals surface area contributed by atoms with Gasteiger partial charge in [0.2, 0.25) is 0 Å². The van der Waals surface area contributed by atoms with Crippen LogP contribution in [0.15, 0.2) is 48.8 Å². The largest absolute Gasteiger partial charge is 0.367 e. The molecule has 0 N–H and O–H groups in total. The van der Waals surface area contributed by atoms with Gasteiger partial charge in [-0.3, -0.25) is 9.78 Å². The van der Waals surface area contributed by atoms with Crippen molar-refractivity contribution in [2.75, 3.05) is 49.1 Å². The van der Waals surface area contributed by atoms with Crippen LogP contribution in [0.2, 0.25) is 0 Å². The Morgan fingerprint density at radius 3 is 2.40 bits per heavy atom. The van der Waals surface area contributed by atoms with Crippen LogP contribution in [-0.2, 0) is 0 Å². The number of aromatic nitrogens is 2. The Labute approximate surface area is 174 Å². The lowest BCUT2D eigenvalue weighted by molar-refractivity contribution is 0.0793. The van der Waals surface area contributed by atoms with Gasteiger partial charge >= 0.3 is 0 Å². The quantitative estimate of drug-likeness (QED) is 0.669. The molecule has 6 nitrogen and oxygen atoms in total. The molecule has 7 heteroatoms. The topological polar surface area (TPSA) is 52.6 Å². The number of rotatable bonds is 3. The van der Waals surface area contributed by atoms with E-state index in [0.717, 1.165) is 63.6 Å². The van der Waals surface area contributed by atoms with E-state index in [-0.39, 0.29) is 11.7 Å². The number of fused-ring (bicyclic) bond motifs is 1. The van der Waals surface area contributed by atoms with Crippen LogP contribution in [0.25, 0.3) is 10.9 Å². The van der Waals surface area contributed by atoms with Crippen LogP contribution in [0.3, 0.4) is 0 Å². The molecule has 2 aliphatic rings. The minimum atomic E-state index is -0.316. The number of amides is 1. The van der Waals surface area contributed by atoms with Gasteiger partial charge in [-0.25, -0.2) is 9.37 Å². The summed E-state index contributed by atoms with van der Waals surface area (Å²) in [4.78, 5) is 28.5. The third-order valence-corrected chi connectivity index (χ3v) is 5.99. The molecule has 0 unspecified atom stereocenters. The van der Waals surface area contributed by atoms with Gasteiger partial charge in [0.25, 0.3) is 5.91 Å². The molecule has 0 aliphatic carbocycles. The lowest BCUT2D eigenvalue weighted by atomic mass is 10.1. The summed E-state index contributed by atoms with van der Waals surface area (Å²) < 4.78 is 14.1. The molecule has 0 spiro atoms. The number of anilines is 2. The van der Waals surface area contributed by atoms with E-state index < -0.39 is 0 Å². The van der Waals surface area contributed by atoms with Crippen LogP contribution in [0.5, 0.6) is 0 Å². The van der Waals surface area contributed by atoms with Gasteiger partial charge in [0.15, 0.2) is 0 Å². The van der Waals surface area contributed by atoms with Crippen LogP contribution in [0.1, 0.15) is 23.2 Å². The number of carbonyl (C=O) groups excluding carboxylic acids is 1. The average molecular weight is 405 g/mol. The molecular weight excluding hydrogens is 381 g/mol.